The fourth-order valence-electron chi connectivity index (χ4n) is 1.90. The molecule has 0 saturated heterocycles. The largest absolute Gasteiger partial charge is 0.461 e. The molecule has 0 spiro atoms. The minimum atomic E-state index is -0.172. The molecule has 0 aliphatic rings. The molecule has 3 aromatic rings. The number of rotatable bonds is 5. The van der Waals surface area contributed by atoms with E-state index in [0.717, 1.165) is 4.88 Å². The van der Waals surface area contributed by atoms with Crippen molar-refractivity contribution < 1.29 is 14.0 Å². The Hall–Kier alpha value is -2.73. The van der Waals surface area contributed by atoms with Gasteiger partial charge in [0.25, 0.3) is 5.91 Å². The van der Waals surface area contributed by atoms with Crippen molar-refractivity contribution in [1.29, 1.82) is 0 Å². The van der Waals surface area contributed by atoms with Crippen LogP contribution in [0.5, 0.6) is 0 Å². The molecule has 0 fully saturated rings. The Morgan fingerprint density at radius 1 is 1.14 bits per heavy atom. The van der Waals surface area contributed by atoms with Gasteiger partial charge in [-0.25, -0.2) is 0 Å². The Morgan fingerprint density at radius 2 is 1.95 bits per heavy atom. The van der Waals surface area contributed by atoms with E-state index < -0.39 is 0 Å². The first-order valence-corrected chi connectivity index (χ1v) is 7.41. The number of amides is 1. The van der Waals surface area contributed by atoms with Gasteiger partial charge in [-0.3, -0.25) is 14.6 Å². The summed E-state index contributed by atoms with van der Waals surface area (Å²) < 4.78 is 5.10. The lowest BCUT2D eigenvalue weighted by molar-refractivity contribution is 0.0950. The number of nitrogens with one attached hydrogen (secondary N) is 1. The van der Waals surface area contributed by atoms with Gasteiger partial charge in [0, 0.05) is 22.8 Å². The monoisotopic (exact) mass is 312 g/mol. The van der Waals surface area contributed by atoms with Crippen molar-refractivity contribution in [3.63, 3.8) is 0 Å². The molecule has 0 unspecified atom stereocenters. The molecule has 3 heterocycles. The maximum atomic E-state index is 12.1. The van der Waals surface area contributed by atoms with Gasteiger partial charge >= 0.3 is 0 Å². The molecule has 22 heavy (non-hydrogen) atoms. The Bertz CT molecular complexity index is 779. The molecule has 0 bridgehead atoms. The third-order valence-electron chi connectivity index (χ3n) is 3.00. The van der Waals surface area contributed by atoms with Crippen molar-refractivity contribution >= 4 is 23.0 Å². The van der Waals surface area contributed by atoms with Crippen LogP contribution in [0.1, 0.15) is 30.7 Å². The number of nitrogens with zero attached hydrogens (tertiary/aromatic N) is 1. The highest BCUT2D eigenvalue weighted by molar-refractivity contribution is 7.14. The number of ketones is 1. The second-order valence-corrected chi connectivity index (χ2v) is 5.66. The molecule has 5 nitrogen and oxygen atoms in total. The summed E-state index contributed by atoms with van der Waals surface area (Å²) in [6.45, 7) is 0.372. The maximum Gasteiger partial charge on any atom is 0.251 e. The van der Waals surface area contributed by atoms with Gasteiger partial charge in [0.1, 0.15) is 0 Å². The van der Waals surface area contributed by atoms with Gasteiger partial charge in [0.05, 0.1) is 17.7 Å². The van der Waals surface area contributed by atoms with E-state index in [9.17, 15) is 9.59 Å². The molecule has 1 amide bonds. The highest BCUT2D eigenvalue weighted by atomic mass is 32.1. The second kappa shape index (κ2) is 6.36. The fourth-order valence-corrected chi connectivity index (χ4v) is 2.79. The van der Waals surface area contributed by atoms with Crippen LogP contribution in [0.2, 0.25) is 0 Å². The Balaban J connectivity index is 1.63. The average molecular weight is 312 g/mol. The predicted molar refractivity (Wildman–Crippen MR) is 81.9 cm³/mol. The summed E-state index contributed by atoms with van der Waals surface area (Å²) in [6, 6.07) is 10.2. The summed E-state index contributed by atoms with van der Waals surface area (Å²) in [4.78, 5) is 29.4. The van der Waals surface area contributed by atoms with Gasteiger partial charge in [-0.05, 0) is 36.4 Å². The van der Waals surface area contributed by atoms with Gasteiger partial charge in [0.2, 0.25) is 5.78 Å². The topological polar surface area (TPSA) is 72.2 Å². The SMILES string of the molecule is O=C(NCc1ccc(C(=O)c2ccco2)s1)c1ccncc1. The zero-order valence-corrected chi connectivity index (χ0v) is 12.3. The van der Waals surface area contributed by atoms with Crippen LogP contribution in [0, 0.1) is 0 Å². The fraction of sp³-hybridized carbons (Fsp3) is 0.0625. The summed E-state index contributed by atoms with van der Waals surface area (Å²) >= 11 is 1.34. The molecular formula is C16H12N2O3S. The van der Waals surface area contributed by atoms with Crippen LogP contribution in [0.15, 0.2) is 59.5 Å². The third kappa shape index (κ3) is 3.12. The van der Waals surface area contributed by atoms with Crippen molar-refractivity contribution in [3.05, 3.63) is 76.1 Å². The molecule has 3 rings (SSSR count). The number of hydrogen-bond acceptors (Lipinski definition) is 5. The highest BCUT2D eigenvalue weighted by Gasteiger charge is 2.14. The number of carbonyl (C=O) groups is 2. The van der Waals surface area contributed by atoms with E-state index >= 15 is 0 Å². The molecule has 0 aliphatic carbocycles. The van der Waals surface area contributed by atoms with E-state index in [4.69, 9.17) is 4.42 Å². The first kappa shape index (κ1) is 14.2. The molecule has 0 radical (unpaired) electrons. The molecule has 0 atom stereocenters. The average Bonchev–Trinajstić information content (AvgIpc) is 3.24. The lowest BCUT2D eigenvalue weighted by Crippen LogP contribution is -2.22. The van der Waals surface area contributed by atoms with Crippen LogP contribution < -0.4 is 5.32 Å². The molecule has 110 valence electrons. The molecule has 3 aromatic heterocycles. The van der Waals surface area contributed by atoms with Crippen LogP contribution in [-0.4, -0.2) is 16.7 Å². The Labute approximate surface area is 130 Å². The van der Waals surface area contributed by atoms with Gasteiger partial charge in [-0.15, -0.1) is 11.3 Å². The molecule has 6 heteroatoms. The summed E-state index contributed by atoms with van der Waals surface area (Å²) in [5.41, 5.74) is 0.554. The molecular weight excluding hydrogens is 300 g/mol. The van der Waals surface area contributed by atoms with E-state index in [1.807, 2.05) is 6.07 Å². The smallest absolute Gasteiger partial charge is 0.251 e. The summed E-state index contributed by atoms with van der Waals surface area (Å²) in [5, 5.41) is 2.81. The van der Waals surface area contributed by atoms with E-state index in [0.29, 0.717) is 22.7 Å². The van der Waals surface area contributed by atoms with E-state index in [2.05, 4.69) is 10.3 Å². The van der Waals surface area contributed by atoms with Gasteiger partial charge in [-0.1, -0.05) is 0 Å². The summed E-state index contributed by atoms with van der Waals surface area (Å²) in [5.74, 6) is -0.00866. The number of pyridine rings is 1. The first-order chi connectivity index (χ1) is 10.7. The Kier molecular flexibility index (Phi) is 4.11. The van der Waals surface area contributed by atoms with Crippen molar-refractivity contribution in [2.75, 3.05) is 0 Å². The van der Waals surface area contributed by atoms with E-state index in [-0.39, 0.29) is 11.7 Å². The number of hydrogen-bond donors (Lipinski definition) is 1. The van der Waals surface area contributed by atoms with Crippen molar-refractivity contribution in [3.8, 4) is 0 Å². The minimum Gasteiger partial charge on any atom is -0.461 e. The number of aromatic nitrogens is 1. The number of carbonyl (C=O) groups excluding carboxylic acids is 2. The van der Waals surface area contributed by atoms with Crippen LogP contribution in [0.4, 0.5) is 0 Å². The van der Waals surface area contributed by atoms with Crippen molar-refractivity contribution in [1.82, 2.24) is 10.3 Å². The maximum absolute atomic E-state index is 12.1. The number of thiophene rings is 1. The van der Waals surface area contributed by atoms with Crippen LogP contribution in [0.25, 0.3) is 0 Å². The van der Waals surface area contributed by atoms with E-state index in [1.165, 1.54) is 17.6 Å². The first-order valence-electron chi connectivity index (χ1n) is 6.59. The zero-order valence-electron chi connectivity index (χ0n) is 11.5. The number of furan rings is 1. The minimum absolute atomic E-state index is 0.151. The van der Waals surface area contributed by atoms with E-state index in [1.54, 1.807) is 42.7 Å². The molecule has 0 aliphatic heterocycles. The van der Waals surface area contributed by atoms with Gasteiger partial charge in [0.15, 0.2) is 5.76 Å². The van der Waals surface area contributed by atoms with Crippen LogP contribution >= 0.6 is 11.3 Å². The summed E-state index contributed by atoms with van der Waals surface area (Å²) in [7, 11) is 0. The normalized spacial score (nSPS) is 10.4. The molecule has 0 aromatic carbocycles. The second-order valence-electron chi connectivity index (χ2n) is 4.49. The lowest BCUT2D eigenvalue weighted by Gasteiger charge is -2.02. The zero-order chi connectivity index (χ0) is 15.4. The van der Waals surface area contributed by atoms with Crippen LogP contribution in [-0.2, 0) is 6.54 Å². The predicted octanol–water partition coefficient (Wildman–Crippen LogP) is 2.90. The van der Waals surface area contributed by atoms with Crippen LogP contribution in [0.3, 0.4) is 0 Å². The van der Waals surface area contributed by atoms with Gasteiger partial charge in [-0.2, -0.15) is 0 Å². The molecule has 1 N–H and O–H groups in total. The highest BCUT2D eigenvalue weighted by Crippen LogP contribution is 2.20. The van der Waals surface area contributed by atoms with Crippen molar-refractivity contribution in [2.24, 2.45) is 0 Å². The van der Waals surface area contributed by atoms with Gasteiger partial charge < -0.3 is 9.73 Å². The molecule has 0 saturated carbocycles. The standard InChI is InChI=1S/C16H12N2O3S/c19-15(13-2-1-9-21-13)14-4-3-12(22-14)10-18-16(20)11-5-7-17-8-6-11/h1-9H,10H2,(H,18,20). The Morgan fingerprint density at radius 3 is 2.68 bits per heavy atom. The van der Waals surface area contributed by atoms with Crippen molar-refractivity contribution in [2.45, 2.75) is 6.54 Å². The lowest BCUT2D eigenvalue weighted by atomic mass is 10.2. The third-order valence-corrected chi connectivity index (χ3v) is 4.08. The quantitative estimate of drug-likeness (QED) is 0.735. The summed E-state index contributed by atoms with van der Waals surface area (Å²) in [6.07, 6.45) is 4.61.